The van der Waals surface area contributed by atoms with E-state index in [2.05, 4.69) is 20.0 Å². The minimum atomic E-state index is -4.29. The number of halogens is 4. The minimum absolute atomic E-state index is 0.0293. The number of pyridine rings is 1. The SMILES string of the molecule is COc1cccc(CNc2cnc(S(=O)(=O)Nc3nc(-c4ccc(C(F)F)c(F)c4)c(F)s3)c(C)c2)c1O. The van der Waals surface area contributed by atoms with Crippen LogP contribution in [0.1, 0.15) is 23.1 Å². The fourth-order valence-electron chi connectivity index (χ4n) is 3.55. The van der Waals surface area contributed by atoms with E-state index in [0.717, 1.165) is 12.1 Å². The average Bonchev–Trinajstić information content (AvgIpc) is 3.21. The Morgan fingerprint density at radius 3 is 2.58 bits per heavy atom. The van der Waals surface area contributed by atoms with E-state index in [9.17, 15) is 31.1 Å². The minimum Gasteiger partial charge on any atom is -0.504 e. The van der Waals surface area contributed by atoms with Gasteiger partial charge < -0.3 is 15.2 Å². The van der Waals surface area contributed by atoms with Crippen molar-refractivity contribution in [3.05, 3.63) is 76.3 Å². The van der Waals surface area contributed by atoms with Crippen LogP contribution in [-0.4, -0.2) is 30.6 Å². The number of ether oxygens (including phenoxy) is 1. The van der Waals surface area contributed by atoms with Gasteiger partial charge in [0.1, 0.15) is 11.5 Å². The Bertz CT molecular complexity index is 1600. The van der Waals surface area contributed by atoms with Gasteiger partial charge in [0, 0.05) is 17.7 Å². The molecule has 14 heteroatoms. The first-order valence-corrected chi connectivity index (χ1v) is 13.1. The van der Waals surface area contributed by atoms with Crippen molar-refractivity contribution in [2.45, 2.75) is 24.9 Å². The molecule has 2 aromatic carbocycles. The quantitative estimate of drug-likeness (QED) is 0.217. The summed E-state index contributed by atoms with van der Waals surface area (Å²) in [6.07, 6.45) is -1.77. The van der Waals surface area contributed by atoms with Crippen molar-refractivity contribution in [3.63, 3.8) is 0 Å². The molecular weight excluding hydrogens is 548 g/mol. The first-order valence-electron chi connectivity index (χ1n) is 10.8. The van der Waals surface area contributed by atoms with Gasteiger partial charge in [-0.1, -0.05) is 29.5 Å². The largest absolute Gasteiger partial charge is 0.504 e. The van der Waals surface area contributed by atoms with E-state index in [1.807, 2.05) is 0 Å². The lowest BCUT2D eigenvalue weighted by molar-refractivity contribution is 0.146. The van der Waals surface area contributed by atoms with Gasteiger partial charge in [0.25, 0.3) is 16.4 Å². The maximum Gasteiger partial charge on any atom is 0.281 e. The lowest BCUT2D eigenvalue weighted by Crippen LogP contribution is -2.16. The maximum absolute atomic E-state index is 14.5. The molecule has 0 atom stereocenters. The number of anilines is 2. The normalized spacial score (nSPS) is 11.6. The number of rotatable bonds is 9. The number of thiazole rings is 1. The summed E-state index contributed by atoms with van der Waals surface area (Å²) in [7, 11) is -2.86. The summed E-state index contributed by atoms with van der Waals surface area (Å²) in [6, 6.07) is 9.13. The van der Waals surface area contributed by atoms with Gasteiger partial charge in [-0.25, -0.2) is 23.1 Å². The number of para-hydroxylation sites is 1. The molecule has 0 spiro atoms. The lowest BCUT2D eigenvalue weighted by Gasteiger charge is -2.12. The highest BCUT2D eigenvalue weighted by atomic mass is 32.2. The Kier molecular flexibility index (Phi) is 7.73. The number of aromatic nitrogens is 2. The molecule has 8 nitrogen and oxygen atoms in total. The summed E-state index contributed by atoms with van der Waals surface area (Å²) >= 11 is 0.353. The van der Waals surface area contributed by atoms with Gasteiger partial charge in [-0.3, -0.25) is 4.72 Å². The number of aryl methyl sites for hydroxylation is 1. The van der Waals surface area contributed by atoms with E-state index in [4.69, 9.17) is 4.74 Å². The molecule has 0 saturated carbocycles. The highest BCUT2D eigenvalue weighted by Gasteiger charge is 2.24. The second-order valence-corrected chi connectivity index (χ2v) is 10.5. The number of phenols is 1. The molecular formula is C24H20F4N4O4S2. The number of hydrogen-bond donors (Lipinski definition) is 3. The highest BCUT2D eigenvalue weighted by Crippen LogP contribution is 2.34. The van der Waals surface area contributed by atoms with Crippen molar-refractivity contribution < 1.29 is 35.8 Å². The van der Waals surface area contributed by atoms with Gasteiger partial charge in [0.2, 0.25) is 5.13 Å². The Labute approximate surface area is 219 Å². The summed E-state index contributed by atoms with van der Waals surface area (Å²) < 4.78 is 87.1. The van der Waals surface area contributed by atoms with Crippen LogP contribution in [0.3, 0.4) is 0 Å². The molecule has 0 aliphatic carbocycles. The van der Waals surface area contributed by atoms with Crippen molar-refractivity contribution in [3.8, 4) is 22.8 Å². The Hall–Kier alpha value is -3.91. The molecule has 2 heterocycles. The molecule has 0 aliphatic heterocycles. The van der Waals surface area contributed by atoms with E-state index in [1.165, 1.54) is 26.3 Å². The van der Waals surface area contributed by atoms with Crippen molar-refractivity contribution in [1.29, 1.82) is 0 Å². The summed E-state index contributed by atoms with van der Waals surface area (Å²) in [6.45, 7) is 1.71. The van der Waals surface area contributed by atoms with Crippen molar-refractivity contribution in [1.82, 2.24) is 9.97 Å². The van der Waals surface area contributed by atoms with Gasteiger partial charge >= 0.3 is 0 Å². The third kappa shape index (κ3) is 5.65. The average molecular weight is 569 g/mol. The van der Waals surface area contributed by atoms with Crippen LogP contribution in [0.15, 0.2) is 53.7 Å². The van der Waals surface area contributed by atoms with E-state index < -0.39 is 38.7 Å². The Morgan fingerprint density at radius 2 is 1.92 bits per heavy atom. The third-order valence-electron chi connectivity index (χ3n) is 5.39. The van der Waals surface area contributed by atoms with Crippen molar-refractivity contribution in [2.24, 2.45) is 0 Å². The second-order valence-electron chi connectivity index (χ2n) is 7.95. The summed E-state index contributed by atoms with van der Waals surface area (Å²) in [5.74, 6) is -0.955. The number of hydrogen-bond acceptors (Lipinski definition) is 8. The van der Waals surface area contributed by atoms with Gasteiger partial charge in [0.05, 0.1) is 24.6 Å². The number of methoxy groups -OCH3 is 1. The van der Waals surface area contributed by atoms with Gasteiger partial charge in [-0.2, -0.15) is 12.8 Å². The smallest absolute Gasteiger partial charge is 0.281 e. The van der Waals surface area contributed by atoms with Crippen molar-refractivity contribution in [2.75, 3.05) is 17.1 Å². The predicted molar refractivity (Wildman–Crippen MR) is 134 cm³/mol. The monoisotopic (exact) mass is 568 g/mol. The first kappa shape index (κ1) is 27.1. The van der Waals surface area contributed by atoms with Crippen LogP contribution in [0.5, 0.6) is 11.5 Å². The summed E-state index contributed by atoms with van der Waals surface area (Å²) in [4.78, 5) is 7.87. The summed E-state index contributed by atoms with van der Waals surface area (Å²) in [5, 5.41) is 11.6. The van der Waals surface area contributed by atoms with Gasteiger partial charge in [-0.15, -0.1) is 0 Å². The molecule has 38 heavy (non-hydrogen) atoms. The van der Waals surface area contributed by atoms with E-state index in [1.54, 1.807) is 18.2 Å². The molecule has 3 N–H and O–H groups in total. The van der Waals surface area contributed by atoms with Gasteiger partial charge in [-0.05, 0) is 36.8 Å². The van der Waals surface area contributed by atoms with E-state index in [-0.39, 0.29) is 33.6 Å². The van der Waals surface area contributed by atoms with Crippen LogP contribution in [0.25, 0.3) is 11.3 Å². The molecule has 0 fully saturated rings. The highest BCUT2D eigenvalue weighted by molar-refractivity contribution is 7.92. The van der Waals surface area contributed by atoms with Crippen LogP contribution in [-0.2, 0) is 16.6 Å². The topological polar surface area (TPSA) is 113 Å². The number of nitrogens with zero attached hydrogens (tertiary/aromatic N) is 2. The molecule has 0 radical (unpaired) electrons. The zero-order valence-corrected chi connectivity index (χ0v) is 21.4. The third-order valence-corrected chi connectivity index (χ3v) is 7.67. The Balaban J connectivity index is 1.51. The van der Waals surface area contributed by atoms with Crippen LogP contribution in [0.2, 0.25) is 0 Å². The predicted octanol–water partition coefficient (Wildman–Crippen LogP) is 5.86. The molecule has 4 rings (SSSR count). The zero-order chi connectivity index (χ0) is 27.6. The fraction of sp³-hybridized carbons (Fsp3) is 0.167. The number of sulfonamides is 1. The molecule has 2 aromatic heterocycles. The van der Waals surface area contributed by atoms with Crippen LogP contribution >= 0.6 is 11.3 Å². The number of benzene rings is 2. The standard InChI is InChI=1S/C24H20F4N4O4S2/c1-12-8-15(29-10-14-4-3-5-18(36-2)20(14)33)11-30-23(12)38(34,35)32-24-31-19(22(28)37-24)13-6-7-16(21(26)27)17(25)9-13/h3-9,11,21,29,33H,10H2,1-2H3,(H,31,32). The van der Waals surface area contributed by atoms with Crippen molar-refractivity contribution >= 4 is 32.2 Å². The van der Waals surface area contributed by atoms with Crippen LogP contribution < -0.4 is 14.8 Å². The van der Waals surface area contributed by atoms with Crippen LogP contribution in [0.4, 0.5) is 28.4 Å². The molecule has 0 unspecified atom stereocenters. The van der Waals surface area contributed by atoms with E-state index in [0.29, 0.717) is 34.4 Å². The van der Waals surface area contributed by atoms with Crippen LogP contribution in [0, 0.1) is 17.9 Å². The molecule has 4 aromatic rings. The molecule has 0 bridgehead atoms. The first-order chi connectivity index (χ1) is 18.0. The fourth-order valence-corrected chi connectivity index (χ4v) is 5.66. The molecule has 0 aliphatic rings. The summed E-state index contributed by atoms with van der Waals surface area (Å²) in [5.41, 5.74) is -0.0778. The Morgan fingerprint density at radius 1 is 1.16 bits per heavy atom. The maximum atomic E-state index is 14.5. The number of nitrogens with one attached hydrogen (secondary N) is 2. The molecule has 0 saturated heterocycles. The number of alkyl halides is 2. The molecule has 0 amide bonds. The lowest BCUT2D eigenvalue weighted by atomic mass is 10.1. The van der Waals surface area contributed by atoms with E-state index >= 15 is 0 Å². The number of phenolic OH excluding ortho intramolecular Hbond substituents is 1. The second kappa shape index (κ2) is 10.8. The molecule has 200 valence electrons. The van der Waals surface area contributed by atoms with Gasteiger partial charge in [0.15, 0.2) is 21.7 Å². The zero-order valence-electron chi connectivity index (χ0n) is 19.8. The number of aromatic hydroxyl groups is 1.